The molecular formula is C60H52P2. The molecule has 0 bridgehead atoms. The number of benzene rings is 10. The van der Waals surface area contributed by atoms with Crippen LogP contribution in [0.2, 0.25) is 0 Å². The summed E-state index contributed by atoms with van der Waals surface area (Å²) in [6.07, 6.45) is 0. The van der Waals surface area contributed by atoms with E-state index in [-0.39, 0.29) is 0 Å². The summed E-state index contributed by atoms with van der Waals surface area (Å²) in [6, 6.07) is 66.3. The maximum Gasteiger partial charge on any atom is -0.000236 e. The van der Waals surface area contributed by atoms with Crippen molar-refractivity contribution >= 4 is 90.8 Å². The molecule has 10 aromatic rings. The second-order valence-corrected chi connectivity index (χ2v) is 22.1. The lowest BCUT2D eigenvalue weighted by atomic mass is 9.89. The fraction of sp³-hybridized carbons (Fsp3) is 0.133. The van der Waals surface area contributed by atoms with Crippen LogP contribution < -0.4 is 31.8 Å². The minimum atomic E-state index is -1.04. The van der Waals surface area contributed by atoms with Gasteiger partial charge in [-0.3, -0.25) is 0 Å². The molecule has 0 nitrogen and oxygen atoms in total. The number of fused-ring (bicyclic) bond motifs is 6. The van der Waals surface area contributed by atoms with Gasteiger partial charge in [-0.25, -0.2) is 0 Å². The highest BCUT2D eigenvalue weighted by molar-refractivity contribution is 7.81. The van der Waals surface area contributed by atoms with E-state index in [1.165, 1.54) is 131 Å². The topological polar surface area (TPSA) is 0 Å². The van der Waals surface area contributed by atoms with Crippen molar-refractivity contribution in [3.63, 3.8) is 0 Å². The predicted molar refractivity (Wildman–Crippen MR) is 277 cm³/mol. The third kappa shape index (κ3) is 7.35. The van der Waals surface area contributed by atoms with Gasteiger partial charge in [-0.2, -0.15) is 0 Å². The Kier molecular flexibility index (Phi) is 10.4. The van der Waals surface area contributed by atoms with Crippen molar-refractivity contribution in [2.75, 3.05) is 0 Å². The zero-order valence-corrected chi connectivity index (χ0v) is 38.8. The van der Waals surface area contributed by atoms with Gasteiger partial charge in [0.05, 0.1) is 0 Å². The summed E-state index contributed by atoms with van der Waals surface area (Å²) in [5, 5.41) is 18.7. The monoisotopic (exact) mass is 834 g/mol. The molecule has 302 valence electrons. The van der Waals surface area contributed by atoms with Crippen LogP contribution in [0, 0.1) is 55.4 Å². The molecule has 0 heterocycles. The van der Waals surface area contributed by atoms with E-state index >= 15 is 0 Å². The summed E-state index contributed by atoms with van der Waals surface area (Å²) in [6.45, 7) is 18.1. The number of hydrogen-bond donors (Lipinski definition) is 0. The summed E-state index contributed by atoms with van der Waals surface area (Å²) in [5.74, 6) is 0. The van der Waals surface area contributed by atoms with Gasteiger partial charge in [0.1, 0.15) is 0 Å². The first kappa shape index (κ1) is 40.2. The minimum absolute atomic E-state index is 1.04. The summed E-state index contributed by atoms with van der Waals surface area (Å²) < 4.78 is 0. The van der Waals surface area contributed by atoms with Gasteiger partial charge in [-0.15, -0.1) is 0 Å². The molecule has 0 saturated carbocycles. The minimum Gasteiger partial charge on any atom is -0.0616 e. The zero-order chi connectivity index (χ0) is 42.8. The van der Waals surface area contributed by atoms with Gasteiger partial charge in [-0.1, -0.05) is 214 Å². The van der Waals surface area contributed by atoms with Crippen molar-refractivity contribution in [2.45, 2.75) is 55.4 Å². The van der Waals surface area contributed by atoms with Gasteiger partial charge in [0, 0.05) is 0 Å². The van der Waals surface area contributed by atoms with Crippen LogP contribution in [0.4, 0.5) is 0 Å². The van der Waals surface area contributed by atoms with Crippen LogP contribution in [0.3, 0.4) is 0 Å². The molecule has 0 N–H and O–H groups in total. The molecule has 0 radical (unpaired) electrons. The van der Waals surface area contributed by atoms with Crippen molar-refractivity contribution in [1.82, 2.24) is 0 Å². The second kappa shape index (κ2) is 16.1. The average molecular weight is 835 g/mol. The van der Waals surface area contributed by atoms with Crippen LogP contribution in [0.5, 0.6) is 0 Å². The van der Waals surface area contributed by atoms with Crippen LogP contribution in [0.25, 0.3) is 54.2 Å². The molecule has 10 aromatic carbocycles. The fourth-order valence-corrected chi connectivity index (χ4v) is 15.9. The molecule has 0 aliphatic carbocycles. The van der Waals surface area contributed by atoms with Crippen LogP contribution in [0.15, 0.2) is 170 Å². The lowest BCUT2D eigenvalue weighted by Crippen LogP contribution is -2.27. The third-order valence-electron chi connectivity index (χ3n) is 12.4. The highest BCUT2D eigenvalue weighted by Gasteiger charge is 2.30. The Morgan fingerprint density at radius 3 is 0.823 bits per heavy atom. The summed E-state index contributed by atoms with van der Waals surface area (Å²) >= 11 is 0. The molecule has 2 heteroatoms. The SMILES string of the molecule is Cc1cc(C)cc(P(c2cc(C)cc(C)c2)c2ccc3ccc4ccccc4c3c2-c2c(P(c3cc(C)cc(C)c3)c3cc(C)cc(C)c3)ccc3ccc4ccccc4c23)c1. The van der Waals surface area contributed by atoms with Crippen LogP contribution in [-0.4, -0.2) is 0 Å². The lowest BCUT2D eigenvalue weighted by Gasteiger charge is -2.30. The molecule has 0 unspecified atom stereocenters. The van der Waals surface area contributed by atoms with Crippen molar-refractivity contribution in [3.05, 3.63) is 214 Å². The second-order valence-electron chi connectivity index (χ2n) is 17.7. The molecule has 0 aliphatic heterocycles. The van der Waals surface area contributed by atoms with Gasteiger partial charge < -0.3 is 0 Å². The van der Waals surface area contributed by atoms with Crippen molar-refractivity contribution in [3.8, 4) is 11.1 Å². The fourth-order valence-electron chi connectivity index (χ4n) is 10.2. The molecule has 62 heavy (non-hydrogen) atoms. The van der Waals surface area contributed by atoms with Gasteiger partial charge in [0.2, 0.25) is 0 Å². The standard InChI is InChI=1S/C60H52P2/c1-37-25-38(2)30-49(29-37)61(50-31-39(3)26-40(4)32-50)55-23-21-47-19-17-45-13-9-11-15-53(45)57(47)59(55)60-56(24-22-48-20-18-46-14-10-12-16-54(46)58(48)60)62(51-33-41(5)27-42(6)34-51)52-35-43(7)28-44(8)36-52/h9-36H,1-8H3. The maximum atomic E-state index is 2.51. The van der Waals surface area contributed by atoms with Crippen molar-refractivity contribution in [1.29, 1.82) is 0 Å². The van der Waals surface area contributed by atoms with Crippen LogP contribution in [-0.2, 0) is 0 Å². The summed E-state index contributed by atoms with van der Waals surface area (Å²) in [4.78, 5) is 0. The van der Waals surface area contributed by atoms with Gasteiger partial charge in [-0.05, 0) is 157 Å². The number of hydrogen-bond acceptors (Lipinski definition) is 0. The van der Waals surface area contributed by atoms with E-state index in [9.17, 15) is 0 Å². The first-order valence-electron chi connectivity index (χ1n) is 21.8. The van der Waals surface area contributed by atoms with E-state index in [1.807, 2.05) is 0 Å². The highest BCUT2D eigenvalue weighted by Crippen LogP contribution is 2.49. The Hall–Kier alpha value is -5.90. The predicted octanol–water partition coefficient (Wildman–Crippen LogP) is 14.0. The Balaban J connectivity index is 1.48. The van der Waals surface area contributed by atoms with Crippen LogP contribution in [0.1, 0.15) is 44.5 Å². The van der Waals surface area contributed by atoms with E-state index in [2.05, 4.69) is 225 Å². The van der Waals surface area contributed by atoms with Gasteiger partial charge >= 0.3 is 0 Å². The van der Waals surface area contributed by atoms with Crippen LogP contribution >= 0.6 is 15.8 Å². The van der Waals surface area contributed by atoms with E-state index in [1.54, 1.807) is 0 Å². The van der Waals surface area contributed by atoms with Gasteiger partial charge in [0.25, 0.3) is 0 Å². The molecule has 0 aromatic heterocycles. The smallest absolute Gasteiger partial charge is 0.000236 e. The van der Waals surface area contributed by atoms with Gasteiger partial charge in [0.15, 0.2) is 0 Å². The quantitative estimate of drug-likeness (QED) is 0.111. The Bertz CT molecular complexity index is 3000. The Morgan fingerprint density at radius 2 is 0.516 bits per heavy atom. The van der Waals surface area contributed by atoms with E-state index < -0.39 is 15.8 Å². The molecular weight excluding hydrogens is 783 g/mol. The first-order valence-corrected chi connectivity index (χ1v) is 24.5. The van der Waals surface area contributed by atoms with Crippen molar-refractivity contribution in [2.24, 2.45) is 0 Å². The normalized spacial score (nSPS) is 11.8. The Morgan fingerprint density at radius 1 is 0.258 bits per heavy atom. The number of rotatable bonds is 7. The summed E-state index contributed by atoms with van der Waals surface area (Å²) in [5.41, 5.74) is 13.1. The Labute approximate surface area is 369 Å². The van der Waals surface area contributed by atoms with E-state index in [0.29, 0.717) is 0 Å². The maximum absolute atomic E-state index is 2.51. The molecule has 0 amide bonds. The molecule has 0 fully saturated rings. The largest absolute Gasteiger partial charge is 0.0616 e. The highest BCUT2D eigenvalue weighted by atomic mass is 31.1. The molecule has 0 spiro atoms. The first-order chi connectivity index (χ1) is 30.0. The molecule has 0 aliphatic rings. The molecule has 10 rings (SSSR count). The summed E-state index contributed by atoms with van der Waals surface area (Å²) in [7, 11) is -2.07. The van der Waals surface area contributed by atoms with E-state index in [0.717, 1.165) is 0 Å². The average Bonchev–Trinajstić information content (AvgIpc) is 3.22. The number of aryl methyl sites for hydroxylation is 8. The zero-order valence-electron chi connectivity index (χ0n) is 37.1. The molecule has 0 saturated heterocycles. The van der Waals surface area contributed by atoms with Crippen molar-refractivity contribution < 1.29 is 0 Å². The third-order valence-corrected chi connectivity index (χ3v) is 17.2. The molecule has 0 atom stereocenters. The lowest BCUT2D eigenvalue weighted by molar-refractivity contribution is 1.40. The van der Waals surface area contributed by atoms with E-state index in [4.69, 9.17) is 0 Å².